The largest absolute Gasteiger partial charge is 0.480 e. The summed E-state index contributed by atoms with van der Waals surface area (Å²) in [5.41, 5.74) is 0. The first-order valence-corrected chi connectivity index (χ1v) is 5.70. The molecule has 1 rings (SSSR count). The lowest BCUT2D eigenvalue weighted by atomic mass is 10.3. The second-order valence-electron chi connectivity index (χ2n) is 3.30. The number of carboxylic acids is 1. The molecule has 0 spiro atoms. The Morgan fingerprint density at radius 1 is 1.47 bits per heavy atom. The number of carbonyl (C=O) groups excluding carboxylic acids is 1. The van der Waals surface area contributed by atoms with E-state index in [0.29, 0.717) is 5.75 Å². The number of hydrogen-bond acceptors (Lipinski definition) is 3. The van der Waals surface area contributed by atoms with Gasteiger partial charge in [0.2, 0.25) is 0 Å². The Kier molecular flexibility index (Phi) is 4.96. The number of para-hydroxylation sites is 1. The molecule has 5 nitrogen and oxygen atoms in total. The van der Waals surface area contributed by atoms with Gasteiger partial charge in [0.25, 0.3) is 5.91 Å². The molecular weight excluding hydrogens is 290 g/mol. The molecule has 6 heteroatoms. The Hall–Kier alpha value is -1.56. The van der Waals surface area contributed by atoms with Crippen molar-refractivity contribution in [1.29, 1.82) is 0 Å². The topological polar surface area (TPSA) is 75.6 Å². The number of benzene rings is 1. The molecule has 0 bridgehead atoms. The molecule has 0 saturated carbocycles. The van der Waals surface area contributed by atoms with E-state index in [1.165, 1.54) is 0 Å². The third-order valence-corrected chi connectivity index (χ3v) is 2.58. The molecule has 0 aliphatic heterocycles. The summed E-state index contributed by atoms with van der Waals surface area (Å²) in [4.78, 5) is 21.7. The van der Waals surface area contributed by atoms with Gasteiger partial charge in [-0.2, -0.15) is 0 Å². The Bertz CT molecular complexity index is 422. The lowest BCUT2D eigenvalue weighted by Crippen LogP contribution is -2.39. The number of aliphatic carboxylic acids is 1. The second kappa shape index (κ2) is 6.24. The van der Waals surface area contributed by atoms with Crippen LogP contribution in [0.3, 0.4) is 0 Å². The molecule has 0 heterocycles. The molecule has 0 fully saturated rings. The highest BCUT2D eigenvalue weighted by atomic mass is 79.9. The second-order valence-corrected chi connectivity index (χ2v) is 4.16. The standard InChI is InChI=1S/C11H12BrNO4/c1-7(11(16)13-6-10(14)15)17-9-5-3-2-4-8(9)12/h2-5,7H,6H2,1H3,(H,13,16)(H,14,15). The van der Waals surface area contributed by atoms with Crippen molar-refractivity contribution >= 4 is 27.8 Å². The fraction of sp³-hybridized carbons (Fsp3) is 0.273. The number of ether oxygens (including phenoxy) is 1. The van der Waals surface area contributed by atoms with E-state index in [2.05, 4.69) is 21.2 Å². The average molecular weight is 302 g/mol. The molecule has 0 aliphatic rings. The maximum Gasteiger partial charge on any atom is 0.322 e. The van der Waals surface area contributed by atoms with E-state index in [4.69, 9.17) is 9.84 Å². The van der Waals surface area contributed by atoms with Crippen LogP contribution >= 0.6 is 15.9 Å². The Labute approximate surface area is 107 Å². The zero-order valence-corrected chi connectivity index (χ0v) is 10.7. The first-order chi connectivity index (χ1) is 8.00. The van der Waals surface area contributed by atoms with Gasteiger partial charge in [-0.15, -0.1) is 0 Å². The minimum absolute atomic E-state index is 0.414. The summed E-state index contributed by atoms with van der Waals surface area (Å²) in [5, 5.41) is 10.7. The fourth-order valence-corrected chi connectivity index (χ4v) is 1.47. The lowest BCUT2D eigenvalue weighted by molar-refractivity contribution is -0.139. The van der Waals surface area contributed by atoms with Crippen LogP contribution in [0.15, 0.2) is 28.7 Å². The number of carboxylic acid groups (broad SMARTS) is 1. The number of nitrogens with one attached hydrogen (secondary N) is 1. The number of amides is 1. The van der Waals surface area contributed by atoms with Gasteiger partial charge in [0.05, 0.1) is 4.47 Å². The highest BCUT2D eigenvalue weighted by Gasteiger charge is 2.16. The maximum absolute atomic E-state index is 11.4. The van der Waals surface area contributed by atoms with Crippen molar-refractivity contribution in [3.05, 3.63) is 28.7 Å². The van der Waals surface area contributed by atoms with E-state index in [0.717, 1.165) is 4.47 Å². The fourth-order valence-electron chi connectivity index (χ4n) is 1.09. The molecule has 2 N–H and O–H groups in total. The van der Waals surface area contributed by atoms with Gasteiger partial charge in [0.15, 0.2) is 6.10 Å². The molecule has 1 atom stereocenters. The van der Waals surface area contributed by atoms with Gasteiger partial charge in [0, 0.05) is 0 Å². The van der Waals surface area contributed by atoms with Crippen LogP contribution in [0.4, 0.5) is 0 Å². The summed E-state index contributed by atoms with van der Waals surface area (Å²) >= 11 is 3.29. The van der Waals surface area contributed by atoms with Crippen LogP contribution in [-0.4, -0.2) is 29.6 Å². The summed E-state index contributed by atoms with van der Waals surface area (Å²) in [6, 6.07) is 7.11. The van der Waals surface area contributed by atoms with Crippen molar-refractivity contribution in [3.8, 4) is 5.75 Å². The molecular formula is C11H12BrNO4. The van der Waals surface area contributed by atoms with Crippen molar-refractivity contribution in [3.63, 3.8) is 0 Å². The van der Waals surface area contributed by atoms with E-state index >= 15 is 0 Å². The molecule has 17 heavy (non-hydrogen) atoms. The van der Waals surface area contributed by atoms with Crippen LogP contribution in [0.5, 0.6) is 5.75 Å². The first-order valence-electron chi connectivity index (χ1n) is 4.91. The van der Waals surface area contributed by atoms with Crippen LogP contribution in [-0.2, 0) is 9.59 Å². The molecule has 0 saturated heterocycles. The van der Waals surface area contributed by atoms with Crippen LogP contribution in [0.25, 0.3) is 0 Å². The zero-order valence-electron chi connectivity index (χ0n) is 9.14. The molecule has 1 aromatic rings. The van der Waals surface area contributed by atoms with Gasteiger partial charge in [0.1, 0.15) is 12.3 Å². The van der Waals surface area contributed by atoms with Gasteiger partial charge >= 0.3 is 5.97 Å². The molecule has 0 radical (unpaired) electrons. The van der Waals surface area contributed by atoms with Gasteiger partial charge < -0.3 is 15.2 Å². The van der Waals surface area contributed by atoms with Gasteiger partial charge in [-0.25, -0.2) is 0 Å². The zero-order chi connectivity index (χ0) is 12.8. The van der Waals surface area contributed by atoms with Crippen molar-refractivity contribution in [2.75, 3.05) is 6.54 Å². The van der Waals surface area contributed by atoms with Crippen molar-refractivity contribution in [1.82, 2.24) is 5.32 Å². The number of rotatable bonds is 5. The van der Waals surface area contributed by atoms with E-state index in [1.807, 2.05) is 6.07 Å². The van der Waals surface area contributed by atoms with E-state index in [9.17, 15) is 9.59 Å². The minimum atomic E-state index is -1.09. The van der Waals surface area contributed by atoms with Gasteiger partial charge in [-0.1, -0.05) is 12.1 Å². The molecule has 1 aromatic carbocycles. The molecule has 1 amide bonds. The molecule has 92 valence electrons. The maximum atomic E-state index is 11.4. The third kappa shape index (κ3) is 4.44. The first kappa shape index (κ1) is 13.5. The predicted octanol–water partition coefficient (Wildman–Crippen LogP) is 1.42. The van der Waals surface area contributed by atoms with Crippen LogP contribution in [0.2, 0.25) is 0 Å². The number of carbonyl (C=O) groups is 2. The summed E-state index contributed by atoms with van der Waals surface area (Å²) < 4.78 is 6.12. The highest BCUT2D eigenvalue weighted by molar-refractivity contribution is 9.10. The molecule has 0 aromatic heterocycles. The van der Waals surface area contributed by atoms with Gasteiger partial charge in [-0.3, -0.25) is 9.59 Å². The smallest absolute Gasteiger partial charge is 0.322 e. The van der Waals surface area contributed by atoms with Crippen molar-refractivity contribution in [2.24, 2.45) is 0 Å². The summed E-state index contributed by atoms with van der Waals surface area (Å²) in [5.74, 6) is -1.03. The normalized spacial score (nSPS) is 11.6. The van der Waals surface area contributed by atoms with Crippen LogP contribution in [0, 0.1) is 0 Å². The average Bonchev–Trinajstić information content (AvgIpc) is 2.28. The number of hydrogen-bond donors (Lipinski definition) is 2. The predicted molar refractivity (Wildman–Crippen MR) is 64.9 cm³/mol. The Morgan fingerprint density at radius 2 is 2.12 bits per heavy atom. The van der Waals surface area contributed by atoms with E-state index in [-0.39, 0.29) is 0 Å². The van der Waals surface area contributed by atoms with Gasteiger partial charge in [-0.05, 0) is 35.0 Å². The summed E-state index contributed by atoms with van der Waals surface area (Å²) in [6.45, 7) is 1.14. The number of halogens is 1. The Balaban J connectivity index is 2.54. The van der Waals surface area contributed by atoms with Crippen LogP contribution < -0.4 is 10.1 Å². The molecule has 1 unspecified atom stereocenters. The van der Waals surface area contributed by atoms with Crippen molar-refractivity contribution in [2.45, 2.75) is 13.0 Å². The SMILES string of the molecule is CC(Oc1ccccc1Br)C(=O)NCC(=O)O. The Morgan fingerprint density at radius 3 is 2.71 bits per heavy atom. The van der Waals surface area contributed by atoms with Crippen molar-refractivity contribution < 1.29 is 19.4 Å². The quantitative estimate of drug-likeness (QED) is 0.862. The minimum Gasteiger partial charge on any atom is -0.480 e. The monoisotopic (exact) mass is 301 g/mol. The van der Waals surface area contributed by atoms with E-state index in [1.54, 1.807) is 25.1 Å². The third-order valence-electron chi connectivity index (χ3n) is 1.92. The lowest BCUT2D eigenvalue weighted by Gasteiger charge is -2.14. The summed E-state index contributed by atoms with van der Waals surface area (Å²) in [7, 11) is 0. The van der Waals surface area contributed by atoms with E-state index < -0.39 is 24.5 Å². The molecule has 0 aliphatic carbocycles. The van der Waals surface area contributed by atoms with Crippen LogP contribution in [0.1, 0.15) is 6.92 Å². The highest BCUT2D eigenvalue weighted by Crippen LogP contribution is 2.24. The summed E-state index contributed by atoms with van der Waals surface area (Å²) in [6.07, 6.45) is -0.756.